The van der Waals surface area contributed by atoms with Crippen molar-refractivity contribution in [3.8, 4) is 5.75 Å². The molecule has 0 saturated heterocycles. The van der Waals surface area contributed by atoms with E-state index >= 15 is 0 Å². The van der Waals surface area contributed by atoms with E-state index in [2.05, 4.69) is 20.9 Å². The summed E-state index contributed by atoms with van der Waals surface area (Å²) in [5.74, 6) is 0.762. The largest absolute Gasteiger partial charge is 0.488 e. The number of rotatable bonds is 5. The molecular weight excluding hydrogens is 386 g/mol. The van der Waals surface area contributed by atoms with Gasteiger partial charge in [-0.15, -0.1) is 0 Å². The zero-order valence-corrected chi connectivity index (χ0v) is 15.2. The number of nitrogens with zero attached hydrogens (tertiary/aromatic N) is 1. The van der Waals surface area contributed by atoms with Gasteiger partial charge in [0.05, 0.1) is 5.69 Å². The Hall–Kier alpha value is -2.10. The minimum Gasteiger partial charge on any atom is -0.488 e. The summed E-state index contributed by atoms with van der Waals surface area (Å²) >= 11 is 9.67. The average Bonchev–Trinajstić information content (AvgIpc) is 2.61. The lowest BCUT2D eigenvalue weighted by molar-refractivity contribution is 0.306. The molecule has 0 amide bonds. The third kappa shape index (κ3) is 4.47. The predicted octanol–water partition coefficient (Wildman–Crippen LogP) is 6.43. The van der Waals surface area contributed by atoms with Gasteiger partial charge < -0.3 is 4.74 Å². The standard InChI is InChI=1S/C20H15BrClNO/c21-17-10-11-20(24-14-15-6-4-5-9-19(15)22)16(12-17)13-23-18-7-2-1-3-8-18/h1-13H,14H2. The van der Waals surface area contributed by atoms with Crippen LogP contribution in [0, 0.1) is 0 Å². The van der Waals surface area contributed by atoms with Gasteiger partial charge in [-0.05, 0) is 36.4 Å². The van der Waals surface area contributed by atoms with E-state index in [9.17, 15) is 0 Å². The monoisotopic (exact) mass is 399 g/mol. The van der Waals surface area contributed by atoms with E-state index in [-0.39, 0.29) is 0 Å². The SMILES string of the molecule is Clc1ccccc1COc1ccc(Br)cc1C=Nc1ccccc1. The van der Waals surface area contributed by atoms with Crippen molar-refractivity contribution in [3.05, 3.63) is 93.4 Å². The molecule has 0 aliphatic carbocycles. The quantitative estimate of drug-likeness (QED) is 0.452. The Labute approximate surface area is 154 Å². The van der Waals surface area contributed by atoms with Crippen molar-refractivity contribution in [1.82, 2.24) is 0 Å². The van der Waals surface area contributed by atoms with Crippen LogP contribution >= 0.6 is 27.5 Å². The smallest absolute Gasteiger partial charge is 0.128 e. The summed E-state index contributed by atoms with van der Waals surface area (Å²) in [5, 5.41) is 0.703. The predicted molar refractivity (Wildman–Crippen MR) is 104 cm³/mol. The highest BCUT2D eigenvalue weighted by molar-refractivity contribution is 9.10. The number of hydrogen-bond acceptors (Lipinski definition) is 2. The van der Waals surface area contributed by atoms with Crippen LogP contribution in [0.5, 0.6) is 5.75 Å². The van der Waals surface area contributed by atoms with Crippen LogP contribution in [0.4, 0.5) is 5.69 Å². The van der Waals surface area contributed by atoms with Crippen LogP contribution < -0.4 is 4.74 Å². The molecule has 0 aromatic heterocycles. The normalized spacial score (nSPS) is 10.9. The first-order chi connectivity index (χ1) is 11.7. The molecule has 0 fully saturated rings. The minimum atomic E-state index is 0.410. The molecule has 0 N–H and O–H groups in total. The van der Waals surface area contributed by atoms with Gasteiger partial charge in [-0.2, -0.15) is 0 Å². The second kappa shape index (κ2) is 8.13. The number of halogens is 2. The first kappa shape index (κ1) is 16.7. The van der Waals surface area contributed by atoms with Crippen LogP contribution in [0.15, 0.2) is 82.3 Å². The fourth-order valence-corrected chi connectivity index (χ4v) is 2.75. The van der Waals surface area contributed by atoms with Gasteiger partial charge >= 0.3 is 0 Å². The molecule has 3 aromatic carbocycles. The van der Waals surface area contributed by atoms with Crippen LogP contribution in [0.1, 0.15) is 11.1 Å². The molecule has 0 radical (unpaired) electrons. The Morgan fingerprint density at radius 1 is 0.958 bits per heavy atom. The summed E-state index contributed by atoms with van der Waals surface area (Å²) < 4.78 is 6.93. The second-order valence-electron chi connectivity index (χ2n) is 5.16. The molecule has 0 bridgehead atoms. The zero-order chi connectivity index (χ0) is 16.8. The average molecular weight is 401 g/mol. The van der Waals surface area contributed by atoms with Crippen molar-refractivity contribution < 1.29 is 4.74 Å². The summed E-state index contributed by atoms with van der Waals surface area (Å²) in [7, 11) is 0. The Morgan fingerprint density at radius 3 is 2.50 bits per heavy atom. The summed E-state index contributed by atoms with van der Waals surface area (Å²) in [5.41, 5.74) is 2.75. The second-order valence-corrected chi connectivity index (χ2v) is 6.48. The molecular formula is C20H15BrClNO. The third-order valence-corrected chi connectivity index (χ3v) is 4.28. The van der Waals surface area contributed by atoms with Crippen LogP contribution in [-0.4, -0.2) is 6.21 Å². The number of hydrogen-bond donors (Lipinski definition) is 0. The molecule has 0 spiro atoms. The minimum absolute atomic E-state index is 0.410. The molecule has 0 atom stereocenters. The number of para-hydroxylation sites is 1. The molecule has 120 valence electrons. The Balaban J connectivity index is 1.81. The Bertz CT molecular complexity index is 849. The first-order valence-electron chi connectivity index (χ1n) is 7.47. The van der Waals surface area contributed by atoms with Gasteiger partial charge in [-0.3, -0.25) is 4.99 Å². The Kier molecular flexibility index (Phi) is 5.68. The third-order valence-electron chi connectivity index (χ3n) is 3.42. The summed E-state index contributed by atoms with van der Waals surface area (Å²) in [4.78, 5) is 4.50. The number of aliphatic imine (C=N–C) groups is 1. The molecule has 0 saturated carbocycles. The van der Waals surface area contributed by atoms with E-state index in [1.807, 2.05) is 79.0 Å². The lowest BCUT2D eigenvalue weighted by atomic mass is 10.2. The summed E-state index contributed by atoms with van der Waals surface area (Å²) in [6.07, 6.45) is 1.81. The number of benzene rings is 3. The maximum atomic E-state index is 6.18. The summed E-state index contributed by atoms with van der Waals surface area (Å²) in [6, 6.07) is 23.3. The first-order valence-corrected chi connectivity index (χ1v) is 8.64. The van der Waals surface area contributed by atoms with Gasteiger partial charge in [0.1, 0.15) is 12.4 Å². The molecule has 4 heteroatoms. The van der Waals surface area contributed by atoms with Gasteiger partial charge in [0.25, 0.3) is 0 Å². The highest BCUT2D eigenvalue weighted by atomic mass is 79.9. The van der Waals surface area contributed by atoms with Crippen molar-refractivity contribution in [3.63, 3.8) is 0 Å². The van der Waals surface area contributed by atoms with Crippen molar-refractivity contribution >= 4 is 39.4 Å². The highest BCUT2D eigenvalue weighted by Gasteiger charge is 2.05. The van der Waals surface area contributed by atoms with Crippen molar-refractivity contribution in [1.29, 1.82) is 0 Å². The maximum absolute atomic E-state index is 6.18. The topological polar surface area (TPSA) is 21.6 Å². The molecule has 3 rings (SSSR count). The molecule has 0 heterocycles. The maximum Gasteiger partial charge on any atom is 0.128 e. The van der Waals surface area contributed by atoms with Crippen LogP contribution in [0.3, 0.4) is 0 Å². The molecule has 0 unspecified atom stereocenters. The fourth-order valence-electron chi connectivity index (χ4n) is 2.18. The fraction of sp³-hybridized carbons (Fsp3) is 0.0500. The molecule has 2 nitrogen and oxygen atoms in total. The van der Waals surface area contributed by atoms with E-state index < -0.39 is 0 Å². The molecule has 0 aliphatic rings. The van der Waals surface area contributed by atoms with Gasteiger partial charge in [0.2, 0.25) is 0 Å². The van der Waals surface area contributed by atoms with Crippen molar-refractivity contribution in [2.24, 2.45) is 4.99 Å². The zero-order valence-electron chi connectivity index (χ0n) is 12.8. The van der Waals surface area contributed by atoms with E-state index in [0.29, 0.717) is 11.6 Å². The Morgan fingerprint density at radius 2 is 1.71 bits per heavy atom. The molecule has 3 aromatic rings. The van der Waals surface area contributed by atoms with Crippen LogP contribution in [0.2, 0.25) is 5.02 Å². The van der Waals surface area contributed by atoms with Crippen LogP contribution in [0.25, 0.3) is 0 Å². The van der Waals surface area contributed by atoms with Gasteiger partial charge in [-0.1, -0.05) is 63.9 Å². The molecule has 24 heavy (non-hydrogen) atoms. The van der Waals surface area contributed by atoms with Crippen molar-refractivity contribution in [2.45, 2.75) is 6.61 Å². The van der Waals surface area contributed by atoms with E-state index in [1.165, 1.54) is 0 Å². The highest BCUT2D eigenvalue weighted by Crippen LogP contribution is 2.25. The van der Waals surface area contributed by atoms with Crippen LogP contribution in [-0.2, 0) is 6.61 Å². The van der Waals surface area contributed by atoms with E-state index in [1.54, 1.807) is 0 Å². The van der Waals surface area contributed by atoms with E-state index in [4.69, 9.17) is 16.3 Å². The molecule has 0 aliphatic heterocycles. The van der Waals surface area contributed by atoms with E-state index in [0.717, 1.165) is 27.0 Å². The lowest BCUT2D eigenvalue weighted by Gasteiger charge is -2.10. The van der Waals surface area contributed by atoms with Gasteiger partial charge in [0.15, 0.2) is 0 Å². The van der Waals surface area contributed by atoms with Gasteiger partial charge in [0, 0.05) is 26.8 Å². The lowest BCUT2D eigenvalue weighted by Crippen LogP contribution is -1.99. The summed E-state index contributed by atoms with van der Waals surface area (Å²) in [6.45, 7) is 0.410. The van der Waals surface area contributed by atoms with Crippen molar-refractivity contribution in [2.75, 3.05) is 0 Å². The van der Waals surface area contributed by atoms with Gasteiger partial charge in [-0.25, -0.2) is 0 Å². The number of ether oxygens (including phenoxy) is 1.